The standard InChI is InChI=1S/C9H9BrF3NO/c1-14(15)5-6-2-3-7(4-8(6)10)9(11,12)13/h2-4,15H,5H2,1H3. The molecule has 1 aromatic rings. The van der Waals surface area contributed by atoms with Gasteiger partial charge in [0.1, 0.15) is 0 Å². The first-order chi connectivity index (χ1) is 6.80. The van der Waals surface area contributed by atoms with Gasteiger partial charge in [-0.05, 0) is 17.7 Å². The number of alkyl halides is 3. The summed E-state index contributed by atoms with van der Waals surface area (Å²) in [5.41, 5.74) is -0.119. The summed E-state index contributed by atoms with van der Waals surface area (Å²) in [4.78, 5) is 0. The summed E-state index contributed by atoms with van der Waals surface area (Å²) < 4.78 is 37.2. The number of hydroxylamine groups is 2. The van der Waals surface area contributed by atoms with Gasteiger partial charge in [-0.3, -0.25) is 0 Å². The van der Waals surface area contributed by atoms with Crippen LogP contribution in [0.3, 0.4) is 0 Å². The number of nitrogens with zero attached hydrogens (tertiary/aromatic N) is 1. The smallest absolute Gasteiger partial charge is 0.314 e. The SMILES string of the molecule is CN(O)Cc1ccc(C(F)(F)F)cc1Br. The predicted octanol–water partition coefficient (Wildman–Crippen LogP) is 3.29. The minimum atomic E-state index is -4.34. The van der Waals surface area contributed by atoms with E-state index in [1.807, 2.05) is 0 Å². The molecule has 0 saturated carbocycles. The Morgan fingerprint density at radius 1 is 1.40 bits per heavy atom. The molecular formula is C9H9BrF3NO. The molecule has 0 saturated heterocycles. The van der Waals surface area contributed by atoms with Crippen LogP contribution in [0.25, 0.3) is 0 Å². The van der Waals surface area contributed by atoms with E-state index in [4.69, 9.17) is 5.21 Å². The number of hydrogen-bond donors (Lipinski definition) is 1. The molecule has 0 aliphatic rings. The van der Waals surface area contributed by atoms with Gasteiger partial charge < -0.3 is 5.21 Å². The molecule has 1 aromatic carbocycles. The zero-order valence-corrected chi connectivity index (χ0v) is 9.43. The van der Waals surface area contributed by atoms with Crippen molar-refractivity contribution in [3.63, 3.8) is 0 Å². The van der Waals surface area contributed by atoms with Crippen molar-refractivity contribution in [2.75, 3.05) is 7.05 Å². The molecule has 0 atom stereocenters. The van der Waals surface area contributed by atoms with Gasteiger partial charge in [-0.2, -0.15) is 18.2 Å². The van der Waals surface area contributed by atoms with Crippen molar-refractivity contribution in [3.05, 3.63) is 33.8 Å². The van der Waals surface area contributed by atoms with Crippen molar-refractivity contribution in [1.29, 1.82) is 0 Å². The van der Waals surface area contributed by atoms with E-state index in [0.29, 0.717) is 10.0 Å². The van der Waals surface area contributed by atoms with Gasteiger partial charge in [0.2, 0.25) is 0 Å². The molecular weight excluding hydrogens is 275 g/mol. The fourth-order valence-corrected chi connectivity index (χ4v) is 1.60. The molecule has 0 spiro atoms. The summed E-state index contributed by atoms with van der Waals surface area (Å²) in [5, 5.41) is 9.85. The minimum absolute atomic E-state index is 0.165. The molecule has 1 rings (SSSR count). The number of halogens is 4. The van der Waals surface area contributed by atoms with Crippen molar-refractivity contribution in [2.45, 2.75) is 12.7 Å². The lowest BCUT2D eigenvalue weighted by Crippen LogP contribution is -2.13. The summed E-state index contributed by atoms with van der Waals surface area (Å²) in [6, 6.07) is 3.32. The summed E-state index contributed by atoms with van der Waals surface area (Å²) in [5.74, 6) is 0. The van der Waals surface area contributed by atoms with Crippen LogP contribution in [-0.4, -0.2) is 17.3 Å². The Kier molecular flexibility index (Phi) is 3.75. The molecule has 0 heterocycles. The summed E-state index contributed by atoms with van der Waals surface area (Å²) in [6.45, 7) is 0.165. The average Bonchev–Trinajstić information content (AvgIpc) is 2.05. The maximum absolute atomic E-state index is 12.3. The third-order valence-corrected chi connectivity index (χ3v) is 2.52. The average molecular weight is 284 g/mol. The van der Waals surface area contributed by atoms with Crippen LogP contribution in [0.15, 0.2) is 22.7 Å². The Balaban J connectivity index is 2.98. The summed E-state index contributed by atoms with van der Waals surface area (Å²) >= 11 is 3.03. The quantitative estimate of drug-likeness (QED) is 0.842. The van der Waals surface area contributed by atoms with Crippen LogP contribution in [0.2, 0.25) is 0 Å². The molecule has 2 nitrogen and oxygen atoms in total. The fraction of sp³-hybridized carbons (Fsp3) is 0.333. The molecule has 0 aliphatic carbocycles. The van der Waals surface area contributed by atoms with E-state index in [1.165, 1.54) is 13.1 Å². The Morgan fingerprint density at radius 3 is 2.40 bits per heavy atom. The third-order valence-electron chi connectivity index (χ3n) is 1.78. The van der Waals surface area contributed by atoms with Crippen molar-refractivity contribution in [2.24, 2.45) is 0 Å². The molecule has 0 aromatic heterocycles. The molecule has 15 heavy (non-hydrogen) atoms. The highest BCUT2D eigenvalue weighted by molar-refractivity contribution is 9.10. The highest BCUT2D eigenvalue weighted by atomic mass is 79.9. The van der Waals surface area contributed by atoms with Crippen molar-refractivity contribution in [3.8, 4) is 0 Å². The molecule has 6 heteroatoms. The molecule has 0 fully saturated rings. The van der Waals surface area contributed by atoms with Gasteiger partial charge >= 0.3 is 6.18 Å². The summed E-state index contributed by atoms with van der Waals surface area (Å²) in [6.07, 6.45) is -4.34. The Bertz CT molecular complexity index is 352. The molecule has 0 bridgehead atoms. The first kappa shape index (κ1) is 12.5. The van der Waals surface area contributed by atoms with Crippen LogP contribution >= 0.6 is 15.9 Å². The van der Waals surface area contributed by atoms with Crippen molar-refractivity contribution in [1.82, 2.24) is 5.06 Å². The monoisotopic (exact) mass is 283 g/mol. The molecule has 1 N–H and O–H groups in total. The lowest BCUT2D eigenvalue weighted by molar-refractivity contribution is -0.137. The normalized spacial score (nSPS) is 12.2. The maximum atomic E-state index is 12.3. The van der Waals surface area contributed by atoms with E-state index in [2.05, 4.69) is 15.9 Å². The zero-order valence-electron chi connectivity index (χ0n) is 7.85. The second kappa shape index (κ2) is 4.51. The number of hydrogen-bond acceptors (Lipinski definition) is 2. The Labute approximate surface area is 93.4 Å². The summed E-state index contributed by atoms with van der Waals surface area (Å²) in [7, 11) is 1.42. The van der Waals surface area contributed by atoms with E-state index in [-0.39, 0.29) is 6.54 Å². The lowest BCUT2D eigenvalue weighted by Gasteiger charge is -2.12. The highest BCUT2D eigenvalue weighted by Gasteiger charge is 2.30. The lowest BCUT2D eigenvalue weighted by atomic mass is 10.1. The van der Waals surface area contributed by atoms with E-state index >= 15 is 0 Å². The fourth-order valence-electron chi connectivity index (χ4n) is 1.10. The van der Waals surface area contributed by atoms with E-state index < -0.39 is 11.7 Å². The van der Waals surface area contributed by atoms with Crippen LogP contribution in [0.4, 0.5) is 13.2 Å². The van der Waals surface area contributed by atoms with Gasteiger partial charge in [0.15, 0.2) is 0 Å². The van der Waals surface area contributed by atoms with E-state index in [0.717, 1.165) is 17.2 Å². The topological polar surface area (TPSA) is 23.5 Å². The highest BCUT2D eigenvalue weighted by Crippen LogP contribution is 2.32. The van der Waals surface area contributed by atoms with Crippen LogP contribution in [0, 0.1) is 0 Å². The van der Waals surface area contributed by atoms with E-state index in [9.17, 15) is 13.2 Å². The van der Waals surface area contributed by atoms with Gasteiger partial charge in [0.05, 0.1) is 5.56 Å². The van der Waals surface area contributed by atoms with Crippen LogP contribution in [0.5, 0.6) is 0 Å². The molecule has 0 aliphatic heterocycles. The van der Waals surface area contributed by atoms with Gasteiger partial charge in [0.25, 0.3) is 0 Å². The number of rotatable bonds is 2. The molecule has 0 radical (unpaired) electrons. The van der Waals surface area contributed by atoms with Crippen LogP contribution in [-0.2, 0) is 12.7 Å². The second-order valence-electron chi connectivity index (χ2n) is 3.12. The third kappa shape index (κ3) is 3.48. The van der Waals surface area contributed by atoms with Crippen LogP contribution < -0.4 is 0 Å². The molecule has 0 amide bonds. The van der Waals surface area contributed by atoms with Gasteiger partial charge in [-0.15, -0.1) is 0 Å². The zero-order chi connectivity index (χ0) is 11.6. The van der Waals surface area contributed by atoms with E-state index in [1.54, 1.807) is 0 Å². The largest absolute Gasteiger partial charge is 0.416 e. The first-order valence-corrected chi connectivity index (χ1v) is 4.85. The molecule has 84 valence electrons. The van der Waals surface area contributed by atoms with Gasteiger partial charge in [0, 0.05) is 18.1 Å². The predicted molar refractivity (Wildman–Crippen MR) is 52.4 cm³/mol. The van der Waals surface area contributed by atoms with Gasteiger partial charge in [-0.25, -0.2) is 0 Å². The number of benzene rings is 1. The van der Waals surface area contributed by atoms with Crippen molar-refractivity contribution >= 4 is 15.9 Å². The molecule has 0 unspecified atom stereocenters. The van der Waals surface area contributed by atoms with Crippen LogP contribution in [0.1, 0.15) is 11.1 Å². The van der Waals surface area contributed by atoms with Gasteiger partial charge in [-0.1, -0.05) is 22.0 Å². The first-order valence-electron chi connectivity index (χ1n) is 4.06. The minimum Gasteiger partial charge on any atom is -0.314 e. The second-order valence-corrected chi connectivity index (χ2v) is 3.97. The van der Waals surface area contributed by atoms with Crippen molar-refractivity contribution < 1.29 is 18.4 Å². The maximum Gasteiger partial charge on any atom is 0.416 e. The Morgan fingerprint density at radius 2 is 2.00 bits per heavy atom. The Hall–Kier alpha value is -0.590.